The highest BCUT2D eigenvalue weighted by Gasteiger charge is 2.09. The molecule has 18 heavy (non-hydrogen) atoms. The first-order valence-corrected chi connectivity index (χ1v) is 5.82. The predicted molar refractivity (Wildman–Crippen MR) is 70.1 cm³/mol. The third-order valence-electron chi connectivity index (χ3n) is 3.24. The average molecular weight is 243 g/mol. The van der Waals surface area contributed by atoms with Gasteiger partial charge in [0, 0.05) is 32.5 Å². The number of hydrogen-bond acceptors (Lipinski definition) is 3. The van der Waals surface area contributed by atoms with Gasteiger partial charge in [-0.25, -0.2) is 0 Å². The third kappa shape index (κ3) is 2.09. The number of nitrogens with zero attached hydrogens (tertiary/aromatic N) is 4. The minimum atomic E-state index is 0.687. The van der Waals surface area contributed by atoms with Crippen LogP contribution in [0.2, 0.25) is 0 Å². The molecule has 5 heteroatoms. The van der Waals surface area contributed by atoms with Gasteiger partial charge in [-0.05, 0) is 25.5 Å². The van der Waals surface area contributed by atoms with Crippen LogP contribution in [0, 0.1) is 25.2 Å². The highest BCUT2D eigenvalue weighted by molar-refractivity contribution is 5.47. The molecule has 0 bridgehead atoms. The van der Waals surface area contributed by atoms with Crippen LogP contribution in [0.15, 0.2) is 12.3 Å². The number of nitrogens with one attached hydrogen (secondary N) is 1. The fourth-order valence-electron chi connectivity index (χ4n) is 2.01. The molecule has 0 saturated heterocycles. The van der Waals surface area contributed by atoms with E-state index < -0.39 is 0 Å². The summed E-state index contributed by atoms with van der Waals surface area (Å²) in [4.78, 5) is 0. The van der Waals surface area contributed by atoms with Crippen molar-refractivity contribution in [3.05, 3.63) is 34.9 Å². The molecule has 2 heterocycles. The molecule has 2 aromatic heterocycles. The van der Waals surface area contributed by atoms with E-state index in [9.17, 15) is 0 Å². The number of aryl methyl sites for hydroxylation is 2. The standard InChI is InChI=1S/C13H17N5/c1-9-13(8-17(3)16-9)15-7-11-5-12(6-14)18(4)10(11)2/h5,8,15H,7H2,1-4H3. The summed E-state index contributed by atoms with van der Waals surface area (Å²) in [6.07, 6.45) is 1.96. The van der Waals surface area contributed by atoms with E-state index in [4.69, 9.17) is 5.26 Å². The Morgan fingerprint density at radius 3 is 2.61 bits per heavy atom. The summed E-state index contributed by atoms with van der Waals surface area (Å²) in [5.74, 6) is 0. The topological polar surface area (TPSA) is 58.6 Å². The first kappa shape index (κ1) is 12.2. The van der Waals surface area contributed by atoms with Crippen LogP contribution in [-0.4, -0.2) is 14.3 Å². The number of aromatic nitrogens is 3. The van der Waals surface area contributed by atoms with Crippen molar-refractivity contribution in [2.24, 2.45) is 14.1 Å². The monoisotopic (exact) mass is 243 g/mol. The Hall–Kier alpha value is -2.22. The second kappa shape index (κ2) is 4.57. The van der Waals surface area contributed by atoms with Crippen molar-refractivity contribution in [1.29, 1.82) is 5.26 Å². The molecule has 0 atom stereocenters. The fraction of sp³-hybridized carbons (Fsp3) is 0.385. The molecule has 0 saturated carbocycles. The van der Waals surface area contributed by atoms with E-state index in [1.54, 1.807) is 4.68 Å². The summed E-state index contributed by atoms with van der Waals surface area (Å²) >= 11 is 0. The van der Waals surface area contributed by atoms with Crippen LogP contribution in [0.3, 0.4) is 0 Å². The van der Waals surface area contributed by atoms with Gasteiger partial charge in [0.15, 0.2) is 0 Å². The minimum absolute atomic E-state index is 0.687. The zero-order valence-corrected chi connectivity index (χ0v) is 11.2. The Morgan fingerprint density at radius 1 is 1.39 bits per heavy atom. The molecule has 0 spiro atoms. The normalized spacial score (nSPS) is 10.4. The van der Waals surface area contributed by atoms with Gasteiger partial charge in [0.2, 0.25) is 0 Å². The van der Waals surface area contributed by atoms with Crippen molar-refractivity contribution in [3.63, 3.8) is 0 Å². The van der Waals surface area contributed by atoms with Crippen LogP contribution in [0.5, 0.6) is 0 Å². The molecule has 0 aromatic carbocycles. The number of nitriles is 1. The highest BCUT2D eigenvalue weighted by Crippen LogP contribution is 2.17. The van der Waals surface area contributed by atoms with Crippen LogP contribution in [-0.2, 0) is 20.6 Å². The van der Waals surface area contributed by atoms with E-state index >= 15 is 0 Å². The minimum Gasteiger partial charge on any atom is -0.378 e. The molecule has 0 unspecified atom stereocenters. The lowest BCUT2D eigenvalue weighted by atomic mass is 10.2. The summed E-state index contributed by atoms with van der Waals surface area (Å²) < 4.78 is 3.70. The maximum atomic E-state index is 8.98. The molecule has 0 aliphatic carbocycles. The quantitative estimate of drug-likeness (QED) is 0.895. The van der Waals surface area contributed by atoms with Gasteiger partial charge in [0.05, 0.1) is 11.4 Å². The van der Waals surface area contributed by atoms with E-state index in [0.29, 0.717) is 12.2 Å². The van der Waals surface area contributed by atoms with Gasteiger partial charge in [-0.15, -0.1) is 0 Å². The van der Waals surface area contributed by atoms with Crippen molar-refractivity contribution in [2.75, 3.05) is 5.32 Å². The van der Waals surface area contributed by atoms with Crippen LogP contribution in [0.25, 0.3) is 0 Å². The van der Waals surface area contributed by atoms with Gasteiger partial charge in [-0.2, -0.15) is 10.4 Å². The summed E-state index contributed by atoms with van der Waals surface area (Å²) in [5, 5.41) is 16.6. The van der Waals surface area contributed by atoms with E-state index in [0.717, 1.165) is 22.6 Å². The summed E-state index contributed by atoms with van der Waals surface area (Å²) in [6.45, 7) is 4.70. The molecule has 0 radical (unpaired) electrons. The van der Waals surface area contributed by atoms with Crippen LogP contribution >= 0.6 is 0 Å². The van der Waals surface area contributed by atoms with Gasteiger partial charge >= 0.3 is 0 Å². The van der Waals surface area contributed by atoms with Crippen LogP contribution in [0.4, 0.5) is 5.69 Å². The molecule has 0 aliphatic rings. The predicted octanol–water partition coefficient (Wildman–Crippen LogP) is 1.86. The Morgan fingerprint density at radius 2 is 2.11 bits per heavy atom. The van der Waals surface area contributed by atoms with Gasteiger partial charge in [-0.3, -0.25) is 4.68 Å². The molecule has 0 amide bonds. The molecule has 0 fully saturated rings. The Balaban J connectivity index is 2.16. The summed E-state index contributed by atoms with van der Waals surface area (Å²) in [7, 11) is 3.81. The van der Waals surface area contributed by atoms with Crippen molar-refractivity contribution >= 4 is 5.69 Å². The van der Waals surface area contributed by atoms with Gasteiger partial charge in [-0.1, -0.05) is 0 Å². The molecule has 2 rings (SSSR count). The maximum Gasteiger partial charge on any atom is 0.120 e. The van der Waals surface area contributed by atoms with E-state index in [-0.39, 0.29) is 0 Å². The molecule has 5 nitrogen and oxygen atoms in total. The van der Waals surface area contributed by atoms with Gasteiger partial charge < -0.3 is 9.88 Å². The second-order valence-electron chi connectivity index (χ2n) is 4.47. The van der Waals surface area contributed by atoms with Crippen LogP contribution in [0.1, 0.15) is 22.6 Å². The number of anilines is 1. The molecule has 1 N–H and O–H groups in total. The average Bonchev–Trinajstić information content (AvgIpc) is 2.79. The Bertz CT molecular complexity index is 612. The molecular weight excluding hydrogens is 226 g/mol. The SMILES string of the molecule is Cc1nn(C)cc1NCc1cc(C#N)n(C)c1C. The highest BCUT2D eigenvalue weighted by atomic mass is 15.3. The Kier molecular flexibility index (Phi) is 3.11. The molecule has 94 valence electrons. The van der Waals surface area contributed by atoms with Crippen molar-refractivity contribution in [2.45, 2.75) is 20.4 Å². The molecular formula is C13H17N5. The fourth-order valence-corrected chi connectivity index (χ4v) is 2.01. The number of hydrogen-bond donors (Lipinski definition) is 1. The number of rotatable bonds is 3. The van der Waals surface area contributed by atoms with E-state index in [2.05, 4.69) is 16.5 Å². The summed E-state index contributed by atoms with van der Waals surface area (Å²) in [6, 6.07) is 4.11. The third-order valence-corrected chi connectivity index (χ3v) is 3.24. The van der Waals surface area contributed by atoms with Crippen LogP contribution < -0.4 is 5.32 Å². The van der Waals surface area contributed by atoms with Gasteiger partial charge in [0.1, 0.15) is 11.8 Å². The lowest BCUT2D eigenvalue weighted by Crippen LogP contribution is -2.01. The smallest absolute Gasteiger partial charge is 0.120 e. The largest absolute Gasteiger partial charge is 0.378 e. The summed E-state index contributed by atoms with van der Waals surface area (Å²) in [5.41, 5.74) is 4.94. The second-order valence-corrected chi connectivity index (χ2v) is 4.47. The van der Waals surface area contributed by atoms with E-state index in [1.165, 1.54) is 0 Å². The van der Waals surface area contributed by atoms with Crippen molar-refractivity contribution < 1.29 is 0 Å². The zero-order chi connectivity index (χ0) is 13.3. The lowest BCUT2D eigenvalue weighted by Gasteiger charge is -2.05. The first-order valence-electron chi connectivity index (χ1n) is 5.82. The lowest BCUT2D eigenvalue weighted by molar-refractivity contribution is 0.756. The first-order chi connectivity index (χ1) is 8.52. The van der Waals surface area contributed by atoms with Gasteiger partial charge in [0.25, 0.3) is 0 Å². The Labute approximate surface area is 107 Å². The molecule has 0 aliphatic heterocycles. The van der Waals surface area contributed by atoms with Crippen molar-refractivity contribution in [1.82, 2.24) is 14.3 Å². The maximum absolute atomic E-state index is 8.98. The molecule has 2 aromatic rings. The zero-order valence-electron chi connectivity index (χ0n) is 11.2. The van der Waals surface area contributed by atoms with E-state index in [1.807, 2.05) is 44.8 Å². The van der Waals surface area contributed by atoms with Crippen molar-refractivity contribution in [3.8, 4) is 6.07 Å².